The summed E-state index contributed by atoms with van der Waals surface area (Å²) in [6, 6.07) is 3.56. The van der Waals surface area contributed by atoms with Gasteiger partial charge >= 0.3 is 17.9 Å². The van der Waals surface area contributed by atoms with Crippen molar-refractivity contribution >= 4 is 35.3 Å². The highest BCUT2D eigenvalue weighted by Gasteiger charge is 2.67. The Kier molecular flexibility index (Phi) is 6.74. The zero-order valence-electron chi connectivity index (χ0n) is 22.0. The summed E-state index contributed by atoms with van der Waals surface area (Å²) in [4.78, 5) is 60.7. The van der Waals surface area contributed by atoms with Crippen molar-refractivity contribution in [3.05, 3.63) is 35.0 Å². The lowest BCUT2D eigenvalue weighted by Crippen LogP contribution is -2.55. The van der Waals surface area contributed by atoms with Crippen LogP contribution in [0.3, 0.4) is 0 Å². The van der Waals surface area contributed by atoms with E-state index in [1.807, 2.05) is 30.9 Å². The summed E-state index contributed by atoms with van der Waals surface area (Å²) >= 11 is 0. The van der Waals surface area contributed by atoms with Gasteiger partial charge in [0.05, 0.1) is 45.5 Å². The van der Waals surface area contributed by atoms with E-state index in [1.165, 1.54) is 33.3 Å². The number of amides is 1. The van der Waals surface area contributed by atoms with Crippen molar-refractivity contribution in [2.45, 2.75) is 44.2 Å². The molecule has 0 bridgehead atoms. The molecule has 37 heavy (non-hydrogen) atoms. The number of hydrogen-bond donors (Lipinski definition) is 0. The van der Waals surface area contributed by atoms with Crippen molar-refractivity contribution in [2.24, 2.45) is 10.9 Å². The molecule has 11 heteroatoms. The zero-order valence-corrected chi connectivity index (χ0v) is 22.0. The molecule has 3 heterocycles. The number of methoxy groups -OCH3 is 4. The highest BCUT2D eigenvalue weighted by atomic mass is 16.5. The van der Waals surface area contributed by atoms with E-state index in [9.17, 15) is 19.2 Å². The van der Waals surface area contributed by atoms with E-state index >= 15 is 0 Å². The Morgan fingerprint density at radius 1 is 1.05 bits per heavy atom. The topological polar surface area (TPSA) is 124 Å². The molecule has 1 spiro atoms. The number of likely N-dealkylation sites (tertiary alicyclic amines) is 1. The van der Waals surface area contributed by atoms with E-state index in [0.717, 1.165) is 5.69 Å². The van der Waals surface area contributed by atoms with Gasteiger partial charge in [0.25, 0.3) is 0 Å². The van der Waals surface area contributed by atoms with E-state index in [-0.39, 0.29) is 41.8 Å². The van der Waals surface area contributed by atoms with E-state index < -0.39 is 35.4 Å². The number of likely N-dealkylation sites (N-methyl/N-ethyl adjacent to an activating group) is 1. The van der Waals surface area contributed by atoms with Crippen LogP contribution in [0.2, 0.25) is 0 Å². The Hall–Kier alpha value is -3.89. The van der Waals surface area contributed by atoms with Crippen LogP contribution in [0.25, 0.3) is 0 Å². The maximum absolute atomic E-state index is 13.6. The molecule has 1 aromatic carbocycles. The van der Waals surface area contributed by atoms with Gasteiger partial charge in [-0.2, -0.15) is 0 Å². The fraction of sp³-hybridized carbons (Fsp3) is 0.500. The number of fused-ring (bicyclic) bond motifs is 1. The first-order chi connectivity index (χ1) is 17.6. The lowest BCUT2D eigenvalue weighted by atomic mass is 9.69. The smallest absolute Gasteiger partial charge is 0.357 e. The standard InChI is InChI=1S/C26H31N3O8/c1-13(2)10-18(30)29-17(22(31)35-5)12-26-15-11-14(34-4)8-9-16(15)28(3)21(26)19(23(32)36-6)20(24(33)37-7)27-25(26)29/h8-9,11,13,17,21H,10,12H2,1-7H3/t17-,21-,26-/m0/s1. The fourth-order valence-electron chi connectivity index (χ4n) is 5.76. The van der Waals surface area contributed by atoms with Gasteiger partial charge in [-0.1, -0.05) is 13.8 Å². The normalized spacial score (nSPS) is 23.7. The number of aliphatic imine (C=N–C) groups is 1. The van der Waals surface area contributed by atoms with Crippen LogP contribution < -0.4 is 9.64 Å². The second-order valence-electron chi connectivity index (χ2n) is 9.65. The SMILES string of the molecule is COC(=O)C1=C(C(=O)OC)[C@@H]2N(C)c3ccc(OC)cc3[C@@]23C[C@@H](C(=O)OC)N(C(=O)CC(C)C)C3=N1. The number of nitrogens with zero attached hydrogens (tertiary/aromatic N) is 3. The third kappa shape index (κ3) is 3.75. The van der Waals surface area contributed by atoms with Gasteiger partial charge in [-0.25, -0.2) is 19.4 Å². The molecule has 3 aliphatic rings. The van der Waals surface area contributed by atoms with E-state index in [1.54, 1.807) is 13.1 Å². The lowest BCUT2D eigenvalue weighted by Gasteiger charge is -2.39. The summed E-state index contributed by atoms with van der Waals surface area (Å²) in [5.74, 6) is -1.87. The number of amidine groups is 1. The quantitative estimate of drug-likeness (QED) is 0.412. The number of esters is 3. The number of ether oxygens (including phenoxy) is 4. The highest BCUT2D eigenvalue weighted by Crippen LogP contribution is 2.58. The molecule has 0 saturated carbocycles. The largest absolute Gasteiger partial charge is 0.497 e. The van der Waals surface area contributed by atoms with Crippen LogP contribution >= 0.6 is 0 Å². The second-order valence-corrected chi connectivity index (χ2v) is 9.65. The maximum Gasteiger partial charge on any atom is 0.357 e. The van der Waals surface area contributed by atoms with Crippen molar-refractivity contribution in [1.29, 1.82) is 0 Å². The molecule has 1 fully saturated rings. The number of rotatable bonds is 6. The molecule has 1 amide bonds. The fourth-order valence-corrected chi connectivity index (χ4v) is 5.76. The third-order valence-electron chi connectivity index (χ3n) is 7.23. The molecular formula is C26H31N3O8. The van der Waals surface area contributed by atoms with Crippen LogP contribution in [0.1, 0.15) is 32.3 Å². The van der Waals surface area contributed by atoms with Gasteiger partial charge in [0.1, 0.15) is 17.6 Å². The number of benzene rings is 1. The van der Waals surface area contributed by atoms with Gasteiger partial charge in [-0.15, -0.1) is 0 Å². The van der Waals surface area contributed by atoms with Crippen molar-refractivity contribution in [1.82, 2.24) is 4.90 Å². The molecule has 3 aliphatic heterocycles. The van der Waals surface area contributed by atoms with Gasteiger partial charge in [-0.05, 0) is 36.1 Å². The monoisotopic (exact) mass is 513 g/mol. The van der Waals surface area contributed by atoms with Gasteiger partial charge in [0, 0.05) is 19.2 Å². The molecule has 11 nitrogen and oxygen atoms in total. The summed E-state index contributed by atoms with van der Waals surface area (Å²) < 4.78 is 20.6. The summed E-state index contributed by atoms with van der Waals surface area (Å²) in [6.07, 6.45) is 0.210. The molecule has 0 radical (unpaired) electrons. The summed E-state index contributed by atoms with van der Waals surface area (Å²) in [5, 5.41) is 0. The second kappa shape index (κ2) is 9.53. The molecule has 3 atom stereocenters. The van der Waals surface area contributed by atoms with Crippen molar-refractivity contribution in [2.75, 3.05) is 40.4 Å². The summed E-state index contributed by atoms with van der Waals surface area (Å²) in [6.45, 7) is 3.78. The molecule has 0 unspecified atom stereocenters. The predicted molar refractivity (Wildman–Crippen MR) is 132 cm³/mol. The number of carbonyl (C=O) groups is 4. The minimum atomic E-state index is -1.16. The molecule has 1 saturated heterocycles. The first kappa shape index (κ1) is 26.2. The molecule has 1 aromatic rings. The zero-order chi connectivity index (χ0) is 27.2. The number of anilines is 1. The maximum atomic E-state index is 13.6. The minimum Gasteiger partial charge on any atom is -0.497 e. The van der Waals surface area contributed by atoms with E-state index in [2.05, 4.69) is 4.99 Å². The van der Waals surface area contributed by atoms with E-state index in [4.69, 9.17) is 18.9 Å². The van der Waals surface area contributed by atoms with Crippen LogP contribution in [-0.2, 0) is 38.8 Å². The number of hydrogen-bond acceptors (Lipinski definition) is 10. The van der Waals surface area contributed by atoms with Crippen LogP contribution in [0.15, 0.2) is 34.5 Å². The lowest BCUT2D eigenvalue weighted by molar-refractivity contribution is -0.149. The van der Waals surface area contributed by atoms with Gasteiger partial charge < -0.3 is 23.8 Å². The highest BCUT2D eigenvalue weighted by molar-refractivity contribution is 6.17. The minimum absolute atomic E-state index is 0.0118. The average Bonchev–Trinajstić information content (AvgIpc) is 3.36. The Morgan fingerprint density at radius 3 is 2.30 bits per heavy atom. The van der Waals surface area contributed by atoms with Crippen LogP contribution in [0.5, 0.6) is 5.75 Å². The first-order valence-corrected chi connectivity index (χ1v) is 11.9. The van der Waals surface area contributed by atoms with Crippen molar-refractivity contribution in [3.63, 3.8) is 0 Å². The number of carbonyl (C=O) groups excluding carboxylic acids is 4. The first-order valence-electron chi connectivity index (χ1n) is 11.9. The third-order valence-corrected chi connectivity index (χ3v) is 7.23. The summed E-state index contributed by atoms with van der Waals surface area (Å²) in [7, 11) is 6.95. The van der Waals surface area contributed by atoms with Crippen molar-refractivity contribution < 1.29 is 38.1 Å². The predicted octanol–water partition coefficient (Wildman–Crippen LogP) is 1.58. The Balaban J connectivity index is 2.10. The molecule has 0 aliphatic carbocycles. The average molecular weight is 514 g/mol. The van der Waals surface area contributed by atoms with Gasteiger partial charge in [0.15, 0.2) is 5.70 Å². The molecule has 4 rings (SSSR count). The molecule has 198 valence electrons. The Labute approximate surface area is 215 Å². The van der Waals surface area contributed by atoms with E-state index in [0.29, 0.717) is 11.3 Å². The van der Waals surface area contributed by atoms with Crippen LogP contribution in [-0.4, -0.2) is 82.1 Å². The van der Waals surface area contributed by atoms with Crippen LogP contribution in [0.4, 0.5) is 5.69 Å². The van der Waals surface area contributed by atoms with Gasteiger partial charge in [0.2, 0.25) is 5.91 Å². The Bertz CT molecular complexity index is 1240. The summed E-state index contributed by atoms with van der Waals surface area (Å²) in [5.41, 5.74) is -0.0162. The van der Waals surface area contributed by atoms with Crippen LogP contribution in [0, 0.1) is 5.92 Å². The van der Waals surface area contributed by atoms with Gasteiger partial charge in [-0.3, -0.25) is 9.69 Å². The molecular weight excluding hydrogens is 482 g/mol. The van der Waals surface area contributed by atoms with Crippen molar-refractivity contribution in [3.8, 4) is 5.75 Å². The Morgan fingerprint density at radius 2 is 1.73 bits per heavy atom. The molecule has 0 aromatic heterocycles. The molecule has 0 N–H and O–H groups in total.